The Labute approximate surface area is 165 Å². The second-order valence-electron chi connectivity index (χ2n) is 4.82. The fraction of sp³-hybridized carbons (Fsp3) is 0.222. The first-order chi connectivity index (χ1) is 11.9. The number of rotatable bonds is 4. The fourth-order valence-electron chi connectivity index (χ4n) is 1.79. The molecule has 0 fully saturated rings. The van der Waals surface area contributed by atoms with Crippen LogP contribution in [0, 0.1) is 0 Å². The molecule has 0 aliphatic rings. The summed E-state index contributed by atoms with van der Waals surface area (Å²) in [5, 5.41) is 1.24. The molecule has 2 rings (SSSR count). The second kappa shape index (κ2) is 11.1. The third-order valence-corrected chi connectivity index (χ3v) is 4.39. The fourth-order valence-corrected chi connectivity index (χ4v) is 2.67. The van der Waals surface area contributed by atoms with Crippen molar-refractivity contribution in [2.45, 2.75) is 11.2 Å². The van der Waals surface area contributed by atoms with Gasteiger partial charge in [0, 0.05) is 10.0 Å². The van der Waals surface area contributed by atoms with Crippen molar-refractivity contribution in [2.75, 3.05) is 14.2 Å². The van der Waals surface area contributed by atoms with Gasteiger partial charge >= 0.3 is 11.9 Å². The quantitative estimate of drug-likeness (QED) is 0.488. The Morgan fingerprint density at radius 1 is 1.00 bits per heavy atom. The van der Waals surface area contributed by atoms with Gasteiger partial charge in [-0.3, -0.25) is 9.59 Å². The summed E-state index contributed by atoms with van der Waals surface area (Å²) in [6, 6.07) is 14.2. The van der Waals surface area contributed by atoms with Gasteiger partial charge < -0.3 is 9.47 Å². The average molecular weight is 448 g/mol. The van der Waals surface area contributed by atoms with Gasteiger partial charge in [-0.1, -0.05) is 63.4 Å². The lowest BCUT2D eigenvalue weighted by Gasteiger charge is -2.07. The molecule has 0 N–H and O–H groups in total. The Hall–Kier alpha value is -1.56. The Morgan fingerprint density at radius 3 is 2.12 bits per heavy atom. The van der Waals surface area contributed by atoms with Crippen molar-refractivity contribution in [2.24, 2.45) is 0 Å². The van der Waals surface area contributed by atoms with E-state index in [1.165, 1.54) is 14.2 Å². The predicted molar refractivity (Wildman–Crippen MR) is 102 cm³/mol. The van der Waals surface area contributed by atoms with E-state index < -0.39 is 4.83 Å². The minimum absolute atomic E-state index is 0.253. The van der Waals surface area contributed by atoms with Crippen molar-refractivity contribution in [3.8, 4) is 0 Å². The van der Waals surface area contributed by atoms with Gasteiger partial charge in [0.05, 0.1) is 20.6 Å². The van der Waals surface area contributed by atoms with Crippen LogP contribution in [0.3, 0.4) is 0 Å². The summed E-state index contributed by atoms with van der Waals surface area (Å²) < 4.78 is 9.09. The number of alkyl halides is 1. The highest BCUT2D eigenvalue weighted by atomic mass is 79.9. The van der Waals surface area contributed by atoms with E-state index in [1.54, 1.807) is 36.4 Å². The molecule has 0 radical (unpaired) electrons. The van der Waals surface area contributed by atoms with E-state index in [-0.39, 0.29) is 18.4 Å². The van der Waals surface area contributed by atoms with Crippen LogP contribution in [0.2, 0.25) is 10.0 Å². The number of carbonyl (C=O) groups is 2. The topological polar surface area (TPSA) is 52.6 Å². The Balaban J connectivity index is 0.000000251. The molecule has 0 aliphatic carbocycles. The lowest BCUT2D eigenvalue weighted by molar-refractivity contribution is -0.140. The molecule has 0 aromatic heterocycles. The van der Waals surface area contributed by atoms with E-state index in [1.807, 2.05) is 12.1 Å². The summed E-state index contributed by atoms with van der Waals surface area (Å²) in [4.78, 5) is 21.5. The molecule has 4 nitrogen and oxygen atoms in total. The van der Waals surface area contributed by atoms with Crippen LogP contribution < -0.4 is 0 Å². The van der Waals surface area contributed by atoms with Crippen molar-refractivity contribution in [3.63, 3.8) is 0 Å². The maximum atomic E-state index is 11.1. The van der Waals surface area contributed by atoms with Crippen LogP contribution in [0.1, 0.15) is 16.0 Å². The van der Waals surface area contributed by atoms with Crippen molar-refractivity contribution in [3.05, 3.63) is 69.7 Å². The van der Waals surface area contributed by atoms with Crippen molar-refractivity contribution in [1.82, 2.24) is 0 Å². The molecule has 0 aliphatic heterocycles. The van der Waals surface area contributed by atoms with Crippen molar-refractivity contribution in [1.29, 1.82) is 0 Å². The first-order valence-corrected chi connectivity index (χ1v) is 8.83. The second-order valence-corrected chi connectivity index (χ2v) is 6.61. The number of ether oxygens (including phenoxy) is 2. The standard InChI is InChI=1S/C9H8BrClO2.C9H9ClO2/c1-13-9(12)8(10)6-3-2-4-7(11)5-6;1-12-9(11)6-7-3-2-4-8(10)5-7/h2-5,8H,1H3;2-5H,6H2,1H3. The van der Waals surface area contributed by atoms with Gasteiger partial charge in [-0.25, -0.2) is 0 Å². The lowest BCUT2D eigenvalue weighted by Crippen LogP contribution is -2.07. The van der Waals surface area contributed by atoms with Crippen LogP contribution in [-0.4, -0.2) is 26.2 Å². The van der Waals surface area contributed by atoms with Gasteiger partial charge in [0.15, 0.2) is 0 Å². The zero-order chi connectivity index (χ0) is 18.8. The monoisotopic (exact) mass is 446 g/mol. The first-order valence-electron chi connectivity index (χ1n) is 7.16. The zero-order valence-corrected chi connectivity index (χ0v) is 16.8. The molecule has 25 heavy (non-hydrogen) atoms. The smallest absolute Gasteiger partial charge is 0.323 e. The SMILES string of the molecule is COC(=O)C(Br)c1cccc(Cl)c1.COC(=O)Cc1cccc(Cl)c1. The van der Waals surface area contributed by atoms with Crippen LogP contribution in [-0.2, 0) is 25.5 Å². The molecular weight excluding hydrogens is 431 g/mol. The number of methoxy groups -OCH3 is 2. The number of hydrogen-bond acceptors (Lipinski definition) is 4. The number of hydrogen-bond donors (Lipinski definition) is 0. The maximum Gasteiger partial charge on any atom is 0.323 e. The molecule has 1 unspecified atom stereocenters. The average Bonchev–Trinajstić information content (AvgIpc) is 2.61. The van der Waals surface area contributed by atoms with Gasteiger partial charge in [-0.05, 0) is 35.4 Å². The van der Waals surface area contributed by atoms with Gasteiger partial charge in [0.2, 0.25) is 0 Å². The third kappa shape index (κ3) is 7.90. The van der Waals surface area contributed by atoms with E-state index in [0.717, 1.165) is 11.1 Å². The molecule has 134 valence electrons. The first kappa shape index (κ1) is 21.5. The number of halogens is 3. The van der Waals surface area contributed by atoms with Gasteiger partial charge in [-0.15, -0.1) is 0 Å². The molecule has 0 spiro atoms. The molecule has 0 saturated carbocycles. The van der Waals surface area contributed by atoms with Crippen molar-refractivity contribution < 1.29 is 19.1 Å². The summed E-state index contributed by atoms with van der Waals surface area (Å²) in [6.45, 7) is 0. The normalized spacial score (nSPS) is 10.9. The molecule has 0 saturated heterocycles. The minimum Gasteiger partial charge on any atom is -0.469 e. The largest absolute Gasteiger partial charge is 0.469 e. The molecule has 0 amide bonds. The van der Waals surface area contributed by atoms with E-state index in [9.17, 15) is 9.59 Å². The summed E-state index contributed by atoms with van der Waals surface area (Å²) in [7, 11) is 2.72. The Bertz CT molecular complexity index is 722. The highest BCUT2D eigenvalue weighted by molar-refractivity contribution is 9.09. The molecule has 7 heteroatoms. The van der Waals surface area contributed by atoms with Crippen LogP contribution >= 0.6 is 39.1 Å². The van der Waals surface area contributed by atoms with E-state index in [2.05, 4.69) is 25.4 Å². The molecule has 1 atom stereocenters. The van der Waals surface area contributed by atoms with Gasteiger partial charge in [0.1, 0.15) is 4.83 Å². The predicted octanol–water partition coefficient (Wildman–Crippen LogP) is 5.00. The Morgan fingerprint density at radius 2 is 1.60 bits per heavy atom. The van der Waals surface area contributed by atoms with E-state index >= 15 is 0 Å². The van der Waals surface area contributed by atoms with Crippen molar-refractivity contribution >= 4 is 51.1 Å². The lowest BCUT2D eigenvalue weighted by atomic mass is 10.1. The highest BCUT2D eigenvalue weighted by Crippen LogP contribution is 2.25. The number of carbonyl (C=O) groups excluding carboxylic acids is 2. The zero-order valence-electron chi connectivity index (χ0n) is 13.7. The minimum atomic E-state index is -0.448. The van der Waals surface area contributed by atoms with E-state index in [0.29, 0.717) is 10.0 Å². The van der Waals surface area contributed by atoms with Gasteiger partial charge in [0.25, 0.3) is 0 Å². The molecule has 2 aromatic carbocycles. The number of benzene rings is 2. The molecular formula is C18H17BrCl2O4. The van der Waals surface area contributed by atoms with Crippen LogP contribution in [0.5, 0.6) is 0 Å². The maximum absolute atomic E-state index is 11.1. The van der Waals surface area contributed by atoms with Gasteiger partial charge in [-0.2, -0.15) is 0 Å². The summed E-state index contributed by atoms with van der Waals surface area (Å²) in [5.74, 6) is -0.584. The molecule has 0 heterocycles. The highest BCUT2D eigenvalue weighted by Gasteiger charge is 2.17. The van der Waals surface area contributed by atoms with Crippen LogP contribution in [0.15, 0.2) is 48.5 Å². The molecule has 0 bridgehead atoms. The van der Waals surface area contributed by atoms with Crippen LogP contribution in [0.4, 0.5) is 0 Å². The summed E-state index contributed by atoms with van der Waals surface area (Å²) in [6.07, 6.45) is 0.275. The molecule has 2 aromatic rings. The summed E-state index contributed by atoms with van der Waals surface area (Å²) >= 11 is 14.7. The third-order valence-electron chi connectivity index (χ3n) is 3.01. The summed E-state index contributed by atoms with van der Waals surface area (Å²) in [5.41, 5.74) is 1.66. The van der Waals surface area contributed by atoms with Crippen LogP contribution in [0.25, 0.3) is 0 Å². The Kier molecular flexibility index (Phi) is 9.57. The van der Waals surface area contributed by atoms with E-state index in [4.69, 9.17) is 23.2 Å². The number of esters is 2.